The van der Waals surface area contributed by atoms with Gasteiger partial charge >= 0.3 is 11.9 Å². The normalized spacial score (nSPS) is 34.2. The first kappa shape index (κ1) is 28.0. The Morgan fingerprint density at radius 2 is 1.67 bits per heavy atom. The van der Waals surface area contributed by atoms with E-state index in [-0.39, 0.29) is 16.6 Å². The van der Waals surface area contributed by atoms with E-state index in [1.165, 1.54) is 0 Å². The molecule has 0 aromatic rings. The Balaban J connectivity index is 0.000000538. The number of oxime groups is 1. The minimum Gasteiger partial charge on any atom is -0.473 e. The Hall–Kier alpha value is -2.55. The first-order chi connectivity index (χ1) is 17.0. The van der Waals surface area contributed by atoms with Gasteiger partial charge in [0, 0.05) is 24.8 Å². The van der Waals surface area contributed by atoms with Crippen LogP contribution in [0.1, 0.15) is 72.6 Å². The highest BCUT2D eigenvalue weighted by Crippen LogP contribution is 2.63. The molecule has 3 saturated carbocycles. The minimum atomic E-state index is -1.82. The molecule has 200 valence electrons. The summed E-state index contributed by atoms with van der Waals surface area (Å²) in [6.45, 7) is 12.3. The Morgan fingerprint density at radius 3 is 2.28 bits per heavy atom. The van der Waals surface area contributed by atoms with Crippen molar-refractivity contribution in [3.05, 3.63) is 11.6 Å². The molecule has 3 fully saturated rings. The van der Waals surface area contributed by atoms with E-state index in [0.29, 0.717) is 36.6 Å². The molecule has 36 heavy (non-hydrogen) atoms. The molecule has 0 aliphatic heterocycles. The molecular formula is C27H40N2O7. The van der Waals surface area contributed by atoms with Gasteiger partial charge in [-0.25, -0.2) is 9.59 Å². The number of aliphatic carboxylic acids is 2. The van der Waals surface area contributed by atoms with Crippen LogP contribution in [0.25, 0.3) is 0 Å². The maximum absolute atomic E-state index is 12.7. The lowest BCUT2D eigenvalue weighted by molar-refractivity contribution is -0.159. The average Bonchev–Trinajstić information content (AvgIpc) is 3.15. The Labute approximate surface area is 212 Å². The monoisotopic (exact) mass is 504 g/mol. The van der Waals surface area contributed by atoms with E-state index < -0.39 is 11.9 Å². The van der Waals surface area contributed by atoms with E-state index in [9.17, 15) is 9.59 Å². The van der Waals surface area contributed by atoms with Gasteiger partial charge in [-0.2, -0.15) is 0 Å². The Kier molecular flexibility index (Phi) is 8.75. The van der Waals surface area contributed by atoms with Crippen molar-refractivity contribution >= 4 is 29.2 Å². The summed E-state index contributed by atoms with van der Waals surface area (Å²) in [5.74, 6) is -1.52. The van der Waals surface area contributed by atoms with Gasteiger partial charge in [0.15, 0.2) is 5.78 Å². The second kappa shape index (κ2) is 11.2. The summed E-state index contributed by atoms with van der Waals surface area (Å²) < 4.78 is 0. The predicted octanol–water partition coefficient (Wildman–Crippen LogP) is 3.57. The summed E-state index contributed by atoms with van der Waals surface area (Å²) in [5, 5.41) is 19.4. The molecule has 4 aliphatic rings. The maximum atomic E-state index is 12.7. The average molecular weight is 505 g/mol. The molecule has 0 heterocycles. The highest BCUT2D eigenvalue weighted by atomic mass is 16.6. The lowest BCUT2D eigenvalue weighted by Gasteiger charge is -2.56. The third-order valence-electron chi connectivity index (χ3n) is 9.27. The molecule has 0 aromatic carbocycles. The summed E-state index contributed by atoms with van der Waals surface area (Å²) in [5.41, 5.74) is 1.91. The number of rotatable bonds is 6. The van der Waals surface area contributed by atoms with Gasteiger partial charge in [0.2, 0.25) is 0 Å². The first-order valence-electron chi connectivity index (χ1n) is 13.1. The van der Waals surface area contributed by atoms with Gasteiger partial charge in [0.25, 0.3) is 0 Å². The van der Waals surface area contributed by atoms with Gasteiger partial charge in [0.1, 0.15) is 12.4 Å². The fourth-order valence-corrected chi connectivity index (χ4v) is 7.10. The standard InChI is InChI=1S/C25H38N2O3.C2H2O4/c1-5-27(6-2)13-14-30-26-22-16-18-19-7-8-23(29)25(19,4)12-10-20(18)24(3)11-9-17(28)15-21(22)24;3-1(4)2(5)6/h15,18-20H,5-14,16H2,1-4H3;(H,3,4)(H,5,6)/b26-22+;/t18?,19?,20?,24-,25+;/m1./s1. The number of carbonyl (C=O) groups is 4. The number of allylic oxidation sites excluding steroid dienone is 1. The molecule has 2 N–H and O–H groups in total. The van der Waals surface area contributed by atoms with Crippen LogP contribution >= 0.6 is 0 Å². The number of carbonyl (C=O) groups excluding carboxylic acids is 2. The number of nitrogens with zero attached hydrogens (tertiary/aromatic N) is 2. The second-order valence-electron chi connectivity index (χ2n) is 10.9. The van der Waals surface area contributed by atoms with Gasteiger partial charge in [-0.3, -0.25) is 9.59 Å². The highest BCUT2D eigenvalue weighted by Gasteiger charge is 2.60. The molecule has 0 radical (unpaired) electrons. The van der Waals surface area contributed by atoms with Crippen molar-refractivity contribution in [2.45, 2.75) is 72.6 Å². The Morgan fingerprint density at radius 1 is 1.03 bits per heavy atom. The van der Waals surface area contributed by atoms with E-state index in [1.807, 2.05) is 6.08 Å². The lowest BCUT2D eigenvalue weighted by Crippen LogP contribution is -2.53. The van der Waals surface area contributed by atoms with E-state index in [1.54, 1.807) is 0 Å². The minimum absolute atomic E-state index is 0.0230. The molecule has 0 spiro atoms. The molecule has 0 amide bonds. The van der Waals surface area contributed by atoms with Crippen molar-refractivity contribution in [1.82, 2.24) is 4.90 Å². The van der Waals surface area contributed by atoms with E-state index >= 15 is 0 Å². The zero-order valence-electron chi connectivity index (χ0n) is 21.9. The number of hydrogen-bond donors (Lipinski definition) is 2. The molecule has 9 heteroatoms. The zero-order valence-corrected chi connectivity index (χ0v) is 21.9. The highest BCUT2D eigenvalue weighted by molar-refractivity contribution is 6.27. The zero-order chi connectivity index (χ0) is 26.7. The fraction of sp³-hybridized carbons (Fsp3) is 0.741. The van der Waals surface area contributed by atoms with Crippen molar-refractivity contribution in [1.29, 1.82) is 0 Å². The van der Waals surface area contributed by atoms with Gasteiger partial charge in [-0.1, -0.05) is 32.9 Å². The summed E-state index contributed by atoms with van der Waals surface area (Å²) in [6.07, 6.45) is 8.06. The van der Waals surface area contributed by atoms with Crippen LogP contribution < -0.4 is 0 Å². The molecule has 4 aliphatic carbocycles. The van der Waals surface area contributed by atoms with Crippen molar-refractivity contribution in [2.24, 2.45) is 33.7 Å². The van der Waals surface area contributed by atoms with Crippen molar-refractivity contribution in [2.75, 3.05) is 26.2 Å². The van der Waals surface area contributed by atoms with Gasteiger partial charge < -0.3 is 20.0 Å². The number of carboxylic acids is 2. The van der Waals surface area contributed by atoms with Gasteiger partial charge in [0.05, 0.1) is 5.71 Å². The van der Waals surface area contributed by atoms with Crippen LogP contribution in [-0.4, -0.2) is 70.6 Å². The number of ketones is 2. The number of fused-ring (bicyclic) bond motifs is 5. The maximum Gasteiger partial charge on any atom is 0.414 e. The van der Waals surface area contributed by atoms with Crippen molar-refractivity contribution in [3.8, 4) is 0 Å². The van der Waals surface area contributed by atoms with Crippen LogP contribution in [0, 0.1) is 28.6 Å². The van der Waals surface area contributed by atoms with E-state index in [2.05, 4.69) is 37.8 Å². The molecular weight excluding hydrogens is 464 g/mol. The van der Waals surface area contributed by atoms with E-state index in [4.69, 9.17) is 24.6 Å². The molecule has 0 aromatic heterocycles. The summed E-state index contributed by atoms with van der Waals surface area (Å²) in [4.78, 5) is 51.3. The number of carboxylic acid groups (broad SMARTS) is 2. The first-order valence-corrected chi connectivity index (χ1v) is 13.1. The molecule has 9 nitrogen and oxygen atoms in total. The number of likely N-dealkylation sites (N-methyl/N-ethyl adjacent to an activating group) is 1. The molecule has 3 unspecified atom stereocenters. The quantitative estimate of drug-likeness (QED) is 0.319. The summed E-state index contributed by atoms with van der Waals surface area (Å²) in [7, 11) is 0. The Bertz CT molecular complexity index is 942. The second-order valence-corrected chi connectivity index (χ2v) is 10.9. The van der Waals surface area contributed by atoms with Crippen LogP contribution in [-0.2, 0) is 24.0 Å². The lowest BCUT2D eigenvalue weighted by atomic mass is 9.47. The third kappa shape index (κ3) is 5.41. The third-order valence-corrected chi connectivity index (χ3v) is 9.27. The van der Waals surface area contributed by atoms with E-state index in [0.717, 1.165) is 69.4 Å². The largest absolute Gasteiger partial charge is 0.473 e. The summed E-state index contributed by atoms with van der Waals surface area (Å²) in [6, 6.07) is 0. The van der Waals surface area contributed by atoms with Gasteiger partial charge in [-0.15, -0.1) is 0 Å². The van der Waals surface area contributed by atoms with Crippen LogP contribution in [0.3, 0.4) is 0 Å². The molecule has 4 rings (SSSR count). The predicted molar refractivity (Wildman–Crippen MR) is 134 cm³/mol. The van der Waals surface area contributed by atoms with Crippen LogP contribution in [0.5, 0.6) is 0 Å². The van der Waals surface area contributed by atoms with Crippen molar-refractivity contribution in [3.63, 3.8) is 0 Å². The summed E-state index contributed by atoms with van der Waals surface area (Å²) >= 11 is 0. The smallest absolute Gasteiger partial charge is 0.414 e. The van der Waals surface area contributed by atoms with Gasteiger partial charge in [-0.05, 0) is 80.0 Å². The molecule has 0 bridgehead atoms. The molecule has 5 atom stereocenters. The SMILES string of the molecule is CCN(CC)CCO/N=C1\CC2C(CC[C@]3(C)C(=O)CCC23)[C@@]2(C)CCC(=O)C=C12.O=C(O)C(=O)O. The topological polar surface area (TPSA) is 134 Å². The molecule has 0 saturated heterocycles. The number of Topliss-reactive ketones (excluding diaryl/α,β-unsaturated/α-hetero) is 1. The number of hydrogen-bond acceptors (Lipinski definition) is 7. The van der Waals surface area contributed by atoms with Crippen molar-refractivity contribution < 1.29 is 34.2 Å². The van der Waals surface area contributed by atoms with Crippen LogP contribution in [0.15, 0.2) is 16.8 Å². The fourth-order valence-electron chi connectivity index (χ4n) is 7.10. The van der Waals surface area contributed by atoms with Crippen LogP contribution in [0.2, 0.25) is 0 Å². The van der Waals surface area contributed by atoms with Crippen LogP contribution in [0.4, 0.5) is 0 Å².